The molecule has 0 unspecified atom stereocenters. The molecule has 0 aliphatic rings. The van der Waals surface area contributed by atoms with Crippen LogP contribution in [0.15, 0.2) is 0 Å². The van der Waals surface area contributed by atoms with Crippen molar-refractivity contribution in [3.8, 4) is 0 Å². The van der Waals surface area contributed by atoms with E-state index in [-0.39, 0.29) is 12.5 Å². The van der Waals surface area contributed by atoms with Gasteiger partial charge in [0.1, 0.15) is 0 Å². The molecule has 72 valence electrons. The summed E-state index contributed by atoms with van der Waals surface area (Å²) in [5.41, 5.74) is 5.28. The van der Waals surface area contributed by atoms with E-state index in [4.69, 9.17) is 15.6 Å². The average molecular weight is 176 g/mol. The molecule has 0 bridgehead atoms. The van der Waals surface area contributed by atoms with Crippen molar-refractivity contribution in [3.05, 3.63) is 0 Å². The highest BCUT2D eigenvalue weighted by Crippen LogP contribution is 1.75. The summed E-state index contributed by atoms with van der Waals surface area (Å²) in [4.78, 5) is 10.8. The summed E-state index contributed by atoms with van der Waals surface area (Å²) < 4.78 is 4.91. The van der Waals surface area contributed by atoms with E-state index in [2.05, 4.69) is 5.32 Å². The van der Waals surface area contributed by atoms with Crippen LogP contribution in [0.4, 0.5) is 0 Å². The van der Waals surface area contributed by atoms with Gasteiger partial charge in [0.05, 0.1) is 25.9 Å². The summed E-state index contributed by atoms with van der Waals surface area (Å²) in [5.74, 6) is -0.192. The van der Waals surface area contributed by atoms with Crippen LogP contribution in [0.2, 0.25) is 0 Å². The second-order valence-electron chi connectivity index (χ2n) is 2.42. The Labute approximate surface area is 71.9 Å². The fraction of sp³-hybridized carbons (Fsp3) is 0.857. The molecule has 1 amide bonds. The quantitative estimate of drug-likeness (QED) is 0.428. The SMILES string of the molecule is C[C@H](N)C(=O)NCCOCCO. The largest absolute Gasteiger partial charge is 0.394 e. The number of aliphatic hydroxyl groups excluding tert-OH is 1. The highest BCUT2D eigenvalue weighted by molar-refractivity contribution is 5.80. The minimum atomic E-state index is -0.483. The van der Waals surface area contributed by atoms with Gasteiger partial charge in [0.15, 0.2) is 0 Å². The van der Waals surface area contributed by atoms with Crippen molar-refractivity contribution in [2.45, 2.75) is 13.0 Å². The molecular formula is C7H16N2O3. The first-order chi connectivity index (χ1) is 5.68. The zero-order chi connectivity index (χ0) is 9.40. The van der Waals surface area contributed by atoms with Crippen molar-refractivity contribution in [1.29, 1.82) is 0 Å². The van der Waals surface area contributed by atoms with Gasteiger partial charge in [-0.05, 0) is 6.92 Å². The van der Waals surface area contributed by atoms with E-state index < -0.39 is 6.04 Å². The van der Waals surface area contributed by atoms with Crippen molar-refractivity contribution in [2.24, 2.45) is 5.73 Å². The molecule has 0 aliphatic carbocycles. The molecule has 5 heteroatoms. The molecule has 0 aromatic rings. The molecule has 0 radical (unpaired) electrons. The van der Waals surface area contributed by atoms with E-state index in [1.165, 1.54) is 0 Å². The van der Waals surface area contributed by atoms with Gasteiger partial charge in [-0.15, -0.1) is 0 Å². The van der Waals surface area contributed by atoms with E-state index in [0.717, 1.165) is 0 Å². The summed E-state index contributed by atoms with van der Waals surface area (Å²) >= 11 is 0. The van der Waals surface area contributed by atoms with Gasteiger partial charge in [0.25, 0.3) is 0 Å². The van der Waals surface area contributed by atoms with Crippen LogP contribution < -0.4 is 11.1 Å². The fourth-order valence-electron chi connectivity index (χ4n) is 0.574. The van der Waals surface area contributed by atoms with Crippen molar-refractivity contribution < 1.29 is 14.6 Å². The molecule has 0 saturated heterocycles. The molecular weight excluding hydrogens is 160 g/mol. The van der Waals surface area contributed by atoms with Gasteiger partial charge in [-0.3, -0.25) is 4.79 Å². The van der Waals surface area contributed by atoms with E-state index >= 15 is 0 Å². The minimum absolute atomic E-state index is 0.00123. The number of aliphatic hydroxyl groups is 1. The summed E-state index contributed by atoms with van der Waals surface area (Å²) in [6, 6.07) is -0.483. The number of ether oxygens (including phenoxy) is 1. The first kappa shape index (κ1) is 11.4. The molecule has 0 aromatic heterocycles. The van der Waals surface area contributed by atoms with Gasteiger partial charge in [-0.1, -0.05) is 0 Å². The number of nitrogens with one attached hydrogen (secondary N) is 1. The lowest BCUT2D eigenvalue weighted by molar-refractivity contribution is -0.122. The number of amides is 1. The van der Waals surface area contributed by atoms with E-state index in [1.54, 1.807) is 6.92 Å². The maximum absolute atomic E-state index is 10.8. The third-order valence-electron chi connectivity index (χ3n) is 1.19. The highest BCUT2D eigenvalue weighted by Gasteiger charge is 2.04. The minimum Gasteiger partial charge on any atom is -0.394 e. The smallest absolute Gasteiger partial charge is 0.236 e. The Morgan fingerprint density at radius 1 is 1.67 bits per heavy atom. The van der Waals surface area contributed by atoms with Gasteiger partial charge in [-0.25, -0.2) is 0 Å². The highest BCUT2D eigenvalue weighted by atomic mass is 16.5. The molecule has 0 spiro atoms. The number of carbonyl (C=O) groups excluding carboxylic acids is 1. The van der Waals surface area contributed by atoms with Crippen LogP contribution >= 0.6 is 0 Å². The van der Waals surface area contributed by atoms with Gasteiger partial charge < -0.3 is 20.9 Å². The zero-order valence-corrected chi connectivity index (χ0v) is 7.25. The fourth-order valence-corrected chi connectivity index (χ4v) is 0.574. The molecule has 12 heavy (non-hydrogen) atoms. The van der Waals surface area contributed by atoms with Crippen molar-refractivity contribution in [1.82, 2.24) is 5.32 Å². The van der Waals surface area contributed by atoms with Gasteiger partial charge in [-0.2, -0.15) is 0 Å². The Balaban J connectivity index is 3.14. The third-order valence-corrected chi connectivity index (χ3v) is 1.19. The van der Waals surface area contributed by atoms with Gasteiger partial charge in [0, 0.05) is 6.54 Å². The predicted molar refractivity (Wildman–Crippen MR) is 44.6 cm³/mol. The second-order valence-corrected chi connectivity index (χ2v) is 2.42. The van der Waals surface area contributed by atoms with Crippen molar-refractivity contribution in [2.75, 3.05) is 26.4 Å². The van der Waals surface area contributed by atoms with E-state index in [0.29, 0.717) is 19.8 Å². The monoisotopic (exact) mass is 176 g/mol. The number of nitrogens with two attached hydrogens (primary N) is 1. The van der Waals surface area contributed by atoms with Crippen LogP contribution in [0.5, 0.6) is 0 Å². The maximum Gasteiger partial charge on any atom is 0.236 e. The number of hydrogen-bond donors (Lipinski definition) is 3. The zero-order valence-electron chi connectivity index (χ0n) is 7.25. The van der Waals surface area contributed by atoms with Gasteiger partial charge in [0.2, 0.25) is 5.91 Å². The van der Waals surface area contributed by atoms with Crippen molar-refractivity contribution in [3.63, 3.8) is 0 Å². The molecule has 5 nitrogen and oxygen atoms in total. The first-order valence-corrected chi connectivity index (χ1v) is 3.90. The Kier molecular flexibility index (Phi) is 6.64. The molecule has 0 heterocycles. The van der Waals surface area contributed by atoms with E-state index in [1.807, 2.05) is 0 Å². The van der Waals surface area contributed by atoms with Crippen LogP contribution in [0.1, 0.15) is 6.92 Å². The molecule has 0 rings (SSSR count). The van der Waals surface area contributed by atoms with Crippen LogP contribution in [0.25, 0.3) is 0 Å². The summed E-state index contributed by atoms with van der Waals surface area (Å²) in [5, 5.41) is 10.9. The van der Waals surface area contributed by atoms with E-state index in [9.17, 15) is 4.79 Å². The summed E-state index contributed by atoms with van der Waals surface area (Å²) in [7, 11) is 0. The normalized spacial score (nSPS) is 12.6. The first-order valence-electron chi connectivity index (χ1n) is 3.90. The molecule has 0 fully saturated rings. The summed E-state index contributed by atoms with van der Waals surface area (Å²) in [6.45, 7) is 2.75. The number of carbonyl (C=O) groups is 1. The predicted octanol–water partition coefficient (Wildman–Crippen LogP) is -1.54. The summed E-state index contributed by atoms with van der Waals surface area (Å²) in [6.07, 6.45) is 0. The van der Waals surface area contributed by atoms with Crippen LogP contribution in [-0.4, -0.2) is 43.4 Å². The van der Waals surface area contributed by atoms with Crippen LogP contribution in [0, 0.1) is 0 Å². The van der Waals surface area contributed by atoms with Crippen LogP contribution in [0.3, 0.4) is 0 Å². The Morgan fingerprint density at radius 3 is 2.83 bits per heavy atom. The molecule has 4 N–H and O–H groups in total. The molecule has 0 aliphatic heterocycles. The topological polar surface area (TPSA) is 84.6 Å². The maximum atomic E-state index is 10.8. The third kappa shape index (κ3) is 6.09. The molecule has 0 saturated carbocycles. The Bertz CT molecular complexity index is 128. The average Bonchev–Trinajstić information content (AvgIpc) is 2.03. The second kappa shape index (κ2) is 7.02. The number of hydrogen-bond acceptors (Lipinski definition) is 4. The molecule has 1 atom stereocenters. The Hall–Kier alpha value is -0.650. The Morgan fingerprint density at radius 2 is 2.33 bits per heavy atom. The number of rotatable bonds is 6. The van der Waals surface area contributed by atoms with Crippen LogP contribution in [-0.2, 0) is 9.53 Å². The van der Waals surface area contributed by atoms with Gasteiger partial charge >= 0.3 is 0 Å². The lowest BCUT2D eigenvalue weighted by atomic mass is 10.3. The standard InChI is InChI=1S/C7H16N2O3/c1-6(8)7(11)9-2-4-12-5-3-10/h6,10H,2-5,8H2,1H3,(H,9,11)/t6-/m0/s1. The lowest BCUT2D eigenvalue weighted by Gasteiger charge is -2.07. The van der Waals surface area contributed by atoms with Crippen molar-refractivity contribution >= 4 is 5.91 Å². The lowest BCUT2D eigenvalue weighted by Crippen LogP contribution is -2.39. The molecule has 0 aromatic carbocycles.